The smallest absolute Gasteiger partial charge is 0.164 e. The molecule has 98 valence electrons. The maximum atomic E-state index is 12.1. The molecule has 1 fully saturated rings. The zero-order chi connectivity index (χ0) is 13.2. The highest BCUT2D eigenvalue weighted by Crippen LogP contribution is 2.28. The van der Waals surface area contributed by atoms with E-state index in [4.69, 9.17) is 0 Å². The Labute approximate surface area is 117 Å². The number of carbonyl (C=O) groups is 1. The molecule has 1 aliphatic rings. The summed E-state index contributed by atoms with van der Waals surface area (Å²) in [4.78, 5) is 14.6. The molecule has 1 aliphatic heterocycles. The first-order chi connectivity index (χ1) is 8.49. The van der Waals surface area contributed by atoms with E-state index in [9.17, 15) is 4.79 Å². The van der Waals surface area contributed by atoms with Gasteiger partial charge < -0.3 is 0 Å². The van der Waals surface area contributed by atoms with E-state index in [1.807, 2.05) is 24.3 Å². The number of ketones is 1. The molecule has 1 heterocycles. The van der Waals surface area contributed by atoms with Gasteiger partial charge in [0, 0.05) is 28.5 Å². The third-order valence-electron chi connectivity index (χ3n) is 3.83. The van der Waals surface area contributed by atoms with Gasteiger partial charge in [-0.2, -0.15) is 0 Å². The molecule has 0 radical (unpaired) electrons. The summed E-state index contributed by atoms with van der Waals surface area (Å²) in [5.74, 6) is 0.235. The first-order valence-electron chi connectivity index (χ1n) is 6.53. The van der Waals surface area contributed by atoms with Crippen LogP contribution >= 0.6 is 15.9 Å². The van der Waals surface area contributed by atoms with Crippen molar-refractivity contribution in [2.75, 3.05) is 13.1 Å². The summed E-state index contributed by atoms with van der Waals surface area (Å²) in [5, 5.41) is 0. The monoisotopic (exact) mass is 309 g/mol. The van der Waals surface area contributed by atoms with E-state index in [1.54, 1.807) is 0 Å². The van der Waals surface area contributed by atoms with Gasteiger partial charge in [0.15, 0.2) is 5.78 Å². The van der Waals surface area contributed by atoms with Crippen LogP contribution in [0.3, 0.4) is 0 Å². The van der Waals surface area contributed by atoms with E-state index in [0.717, 1.165) is 23.1 Å². The second-order valence-electron chi connectivity index (χ2n) is 5.59. The summed E-state index contributed by atoms with van der Waals surface area (Å²) in [7, 11) is 0. The molecule has 2 nitrogen and oxygen atoms in total. The molecule has 1 saturated heterocycles. The number of rotatable bonds is 4. The van der Waals surface area contributed by atoms with Crippen molar-refractivity contribution in [3.8, 4) is 0 Å². The number of hydrogen-bond donors (Lipinski definition) is 0. The van der Waals surface area contributed by atoms with Gasteiger partial charge in [0.1, 0.15) is 0 Å². The summed E-state index contributed by atoms with van der Waals surface area (Å²) in [5.41, 5.74) is 1.07. The maximum absolute atomic E-state index is 12.1. The minimum Gasteiger partial charge on any atom is -0.298 e. The van der Waals surface area contributed by atoms with Gasteiger partial charge in [-0.3, -0.25) is 9.69 Å². The van der Waals surface area contributed by atoms with Crippen LogP contribution in [0.4, 0.5) is 0 Å². The van der Waals surface area contributed by atoms with E-state index in [-0.39, 0.29) is 11.3 Å². The Balaban J connectivity index is 1.93. The van der Waals surface area contributed by atoms with Crippen LogP contribution < -0.4 is 0 Å². The molecule has 0 aliphatic carbocycles. The molecule has 0 unspecified atom stereocenters. The van der Waals surface area contributed by atoms with Crippen molar-refractivity contribution in [1.29, 1.82) is 0 Å². The van der Waals surface area contributed by atoms with Crippen molar-refractivity contribution in [3.63, 3.8) is 0 Å². The SMILES string of the molecule is CC1(C)CCCN1CCC(=O)c1cccc(Br)c1. The Morgan fingerprint density at radius 2 is 2.22 bits per heavy atom. The highest BCUT2D eigenvalue weighted by atomic mass is 79.9. The van der Waals surface area contributed by atoms with Crippen LogP contribution in [0.5, 0.6) is 0 Å². The number of benzene rings is 1. The molecule has 0 aromatic heterocycles. The summed E-state index contributed by atoms with van der Waals surface area (Å²) < 4.78 is 0.967. The summed E-state index contributed by atoms with van der Waals surface area (Å²) in [6.07, 6.45) is 3.09. The fourth-order valence-corrected chi connectivity index (χ4v) is 3.02. The molecule has 0 spiro atoms. The molecule has 2 rings (SSSR count). The van der Waals surface area contributed by atoms with E-state index in [0.29, 0.717) is 6.42 Å². The lowest BCUT2D eigenvalue weighted by Gasteiger charge is -2.31. The molecule has 1 aromatic carbocycles. The lowest BCUT2D eigenvalue weighted by atomic mass is 10.0. The quantitative estimate of drug-likeness (QED) is 0.786. The number of halogens is 1. The van der Waals surface area contributed by atoms with Crippen LogP contribution in [0.2, 0.25) is 0 Å². The molecular weight excluding hydrogens is 290 g/mol. The Kier molecular flexibility index (Phi) is 4.23. The number of carbonyl (C=O) groups excluding carboxylic acids is 1. The van der Waals surface area contributed by atoms with Crippen LogP contribution in [0.1, 0.15) is 43.5 Å². The minimum atomic E-state index is 0.235. The Hall–Kier alpha value is -0.670. The maximum Gasteiger partial charge on any atom is 0.164 e. The van der Waals surface area contributed by atoms with Gasteiger partial charge in [0.05, 0.1) is 0 Å². The van der Waals surface area contributed by atoms with Crippen LogP contribution in [-0.2, 0) is 0 Å². The van der Waals surface area contributed by atoms with Gasteiger partial charge in [-0.15, -0.1) is 0 Å². The Morgan fingerprint density at radius 1 is 1.44 bits per heavy atom. The molecule has 0 amide bonds. The van der Waals surface area contributed by atoms with Gasteiger partial charge in [-0.25, -0.2) is 0 Å². The molecule has 0 saturated carbocycles. The second-order valence-corrected chi connectivity index (χ2v) is 6.50. The molecule has 0 N–H and O–H groups in total. The van der Waals surface area contributed by atoms with Crippen molar-refractivity contribution in [2.24, 2.45) is 0 Å². The summed E-state index contributed by atoms with van der Waals surface area (Å²) in [6, 6.07) is 7.65. The van der Waals surface area contributed by atoms with E-state index in [2.05, 4.69) is 34.7 Å². The van der Waals surface area contributed by atoms with E-state index in [1.165, 1.54) is 12.8 Å². The van der Waals surface area contributed by atoms with Crippen molar-refractivity contribution >= 4 is 21.7 Å². The van der Waals surface area contributed by atoms with Gasteiger partial charge in [0.2, 0.25) is 0 Å². The zero-order valence-corrected chi connectivity index (χ0v) is 12.7. The Morgan fingerprint density at radius 3 is 2.83 bits per heavy atom. The second kappa shape index (κ2) is 5.54. The van der Waals surface area contributed by atoms with Gasteiger partial charge >= 0.3 is 0 Å². The number of hydrogen-bond acceptors (Lipinski definition) is 2. The third kappa shape index (κ3) is 3.21. The zero-order valence-electron chi connectivity index (χ0n) is 11.1. The van der Waals surface area contributed by atoms with E-state index < -0.39 is 0 Å². The number of likely N-dealkylation sites (tertiary alicyclic amines) is 1. The first-order valence-corrected chi connectivity index (χ1v) is 7.32. The Bertz CT molecular complexity index is 442. The van der Waals surface area contributed by atoms with E-state index >= 15 is 0 Å². The van der Waals surface area contributed by atoms with Gasteiger partial charge in [0.25, 0.3) is 0 Å². The van der Waals surface area contributed by atoms with Crippen molar-refractivity contribution in [1.82, 2.24) is 4.90 Å². The molecular formula is C15H20BrNO. The van der Waals surface area contributed by atoms with Crippen molar-refractivity contribution in [3.05, 3.63) is 34.3 Å². The third-order valence-corrected chi connectivity index (χ3v) is 4.32. The first kappa shape index (κ1) is 13.8. The van der Waals surface area contributed by atoms with Crippen LogP contribution in [0.15, 0.2) is 28.7 Å². The normalized spacial score (nSPS) is 19.1. The molecule has 18 heavy (non-hydrogen) atoms. The standard InChI is InChI=1S/C15H20BrNO/c1-15(2)8-4-9-17(15)10-7-14(18)12-5-3-6-13(16)11-12/h3,5-6,11H,4,7-10H2,1-2H3. The molecule has 0 bridgehead atoms. The molecule has 0 atom stereocenters. The fraction of sp³-hybridized carbons (Fsp3) is 0.533. The highest BCUT2D eigenvalue weighted by Gasteiger charge is 2.31. The largest absolute Gasteiger partial charge is 0.298 e. The summed E-state index contributed by atoms with van der Waals surface area (Å²) >= 11 is 3.40. The lowest BCUT2D eigenvalue weighted by molar-refractivity contribution is 0.0942. The highest BCUT2D eigenvalue weighted by molar-refractivity contribution is 9.10. The minimum absolute atomic E-state index is 0.235. The lowest BCUT2D eigenvalue weighted by Crippen LogP contribution is -2.39. The summed E-state index contributed by atoms with van der Waals surface area (Å²) in [6.45, 7) is 6.53. The topological polar surface area (TPSA) is 20.3 Å². The predicted molar refractivity (Wildman–Crippen MR) is 78.0 cm³/mol. The van der Waals surface area contributed by atoms with Crippen molar-refractivity contribution in [2.45, 2.75) is 38.6 Å². The fourth-order valence-electron chi connectivity index (χ4n) is 2.62. The van der Waals surface area contributed by atoms with Crippen molar-refractivity contribution < 1.29 is 4.79 Å². The predicted octanol–water partition coefficient (Wildman–Crippen LogP) is 3.90. The van der Waals surface area contributed by atoms with Gasteiger partial charge in [-0.1, -0.05) is 28.1 Å². The molecule has 3 heteroatoms. The molecule has 1 aromatic rings. The number of Topliss-reactive ketones (excluding diaryl/α,β-unsaturated/α-hetero) is 1. The van der Waals surface area contributed by atoms with Gasteiger partial charge in [-0.05, 0) is 45.4 Å². The number of nitrogens with zero attached hydrogens (tertiary/aromatic N) is 1. The average molecular weight is 310 g/mol. The van der Waals surface area contributed by atoms with Crippen LogP contribution in [0, 0.1) is 0 Å². The van der Waals surface area contributed by atoms with Crippen LogP contribution in [-0.4, -0.2) is 29.3 Å². The van der Waals surface area contributed by atoms with Crippen LogP contribution in [0.25, 0.3) is 0 Å². The average Bonchev–Trinajstić information content (AvgIpc) is 2.65.